The lowest BCUT2D eigenvalue weighted by atomic mass is 10.1. The molecule has 1 N–H and O–H groups in total. The summed E-state index contributed by atoms with van der Waals surface area (Å²) in [5, 5.41) is 11.9. The molecule has 0 aliphatic carbocycles. The highest BCUT2D eigenvalue weighted by atomic mass is 19.3. The van der Waals surface area contributed by atoms with Gasteiger partial charge in [-0.05, 0) is 43.7 Å². The van der Waals surface area contributed by atoms with Gasteiger partial charge in [0.1, 0.15) is 11.6 Å². The highest BCUT2D eigenvalue weighted by molar-refractivity contribution is 6.09. The molecule has 0 saturated heterocycles. The van der Waals surface area contributed by atoms with E-state index in [1.165, 1.54) is 18.2 Å². The first kappa shape index (κ1) is 19.9. The number of rotatable bonds is 7. The first-order valence-electron chi connectivity index (χ1n) is 8.15. The van der Waals surface area contributed by atoms with Crippen LogP contribution in [0.5, 0.6) is 11.5 Å². The number of alkyl halides is 2. The zero-order valence-corrected chi connectivity index (χ0v) is 14.8. The quantitative estimate of drug-likeness (QED) is 0.572. The van der Waals surface area contributed by atoms with Gasteiger partial charge in [0.15, 0.2) is 11.5 Å². The smallest absolute Gasteiger partial charge is 0.387 e. The van der Waals surface area contributed by atoms with Crippen LogP contribution < -0.4 is 14.8 Å². The van der Waals surface area contributed by atoms with E-state index in [2.05, 4.69) is 10.1 Å². The number of amides is 1. The van der Waals surface area contributed by atoms with Crippen LogP contribution in [0.15, 0.2) is 48.0 Å². The van der Waals surface area contributed by atoms with Crippen molar-refractivity contribution < 1.29 is 23.0 Å². The van der Waals surface area contributed by atoms with Gasteiger partial charge in [-0.1, -0.05) is 24.3 Å². The minimum absolute atomic E-state index is 0.0999. The molecule has 5 nitrogen and oxygen atoms in total. The molecule has 2 rings (SSSR count). The molecule has 7 heteroatoms. The van der Waals surface area contributed by atoms with Crippen molar-refractivity contribution in [3.8, 4) is 17.6 Å². The van der Waals surface area contributed by atoms with Crippen molar-refractivity contribution >= 4 is 17.7 Å². The molecule has 0 atom stereocenters. The van der Waals surface area contributed by atoms with Gasteiger partial charge >= 0.3 is 6.61 Å². The third-order valence-corrected chi connectivity index (χ3v) is 3.46. The summed E-state index contributed by atoms with van der Waals surface area (Å²) < 4.78 is 35.4. The lowest BCUT2D eigenvalue weighted by Crippen LogP contribution is -2.13. The number of para-hydroxylation sites is 1. The molecule has 0 spiro atoms. The minimum Gasteiger partial charge on any atom is -0.490 e. The van der Waals surface area contributed by atoms with E-state index in [1.54, 1.807) is 37.3 Å². The molecule has 0 radical (unpaired) electrons. The lowest BCUT2D eigenvalue weighted by molar-refractivity contribution is -0.112. The number of hydrogen-bond donors (Lipinski definition) is 1. The van der Waals surface area contributed by atoms with Crippen LogP contribution >= 0.6 is 0 Å². The lowest BCUT2D eigenvalue weighted by Gasteiger charge is -2.14. The summed E-state index contributed by atoms with van der Waals surface area (Å²) in [6.07, 6.45) is 1.19. The number of halogens is 2. The van der Waals surface area contributed by atoms with E-state index in [0.717, 1.165) is 5.56 Å². The normalized spacial score (nSPS) is 11.0. The van der Waals surface area contributed by atoms with Gasteiger partial charge in [-0.3, -0.25) is 4.79 Å². The Balaban J connectivity index is 2.37. The van der Waals surface area contributed by atoms with E-state index in [9.17, 15) is 18.8 Å². The molecule has 0 saturated carbocycles. The maximum atomic E-state index is 12.8. The zero-order chi connectivity index (χ0) is 19.8. The Kier molecular flexibility index (Phi) is 6.89. The average molecular weight is 372 g/mol. The number of hydrogen-bond acceptors (Lipinski definition) is 4. The fourth-order valence-corrected chi connectivity index (χ4v) is 2.36. The molecule has 0 aliphatic rings. The summed E-state index contributed by atoms with van der Waals surface area (Å²) in [6.45, 7) is 0.728. The SMILES string of the molecule is CCOc1cccc(/C=C(\C#N)C(=O)Nc2cccc(C)c2)c1OC(F)F. The van der Waals surface area contributed by atoms with Gasteiger partial charge in [0, 0.05) is 11.3 Å². The number of carbonyl (C=O) groups excluding carboxylic acids is 1. The monoisotopic (exact) mass is 372 g/mol. The Morgan fingerprint density at radius 2 is 2.04 bits per heavy atom. The molecule has 0 bridgehead atoms. The Morgan fingerprint density at radius 3 is 2.67 bits per heavy atom. The van der Waals surface area contributed by atoms with E-state index >= 15 is 0 Å². The number of nitrogens with zero attached hydrogens (tertiary/aromatic N) is 1. The van der Waals surface area contributed by atoms with E-state index in [-0.39, 0.29) is 29.2 Å². The molecule has 27 heavy (non-hydrogen) atoms. The van der Waals surface area contributed by atoms with E-state index in [0.29, 0.717) is 5.69 Å². The second-order valence-corrected chi connectivity index (χ2v) is 5.48. The van der Waals surface area contributed by atoms with Gasteiger partial charge in [0.25, 0.3) is 5.91 Å². The highest BCUT2D eigenvalue weighted by Crippen LogP contribution is 2.34. The summed E-state index contributed by atoms with van der Waals surface area (Å²) in [7, 11) is 0. The van der Waals surface area contributed by atoms with Gasteiger partial charge < -0.3 is 14.8 Å². The summed E-state index contributed by atoms with van der Waals surface area (Å²) in [4.78, 5) is 12.4. The molecule has 0 heterocycles. The molecular weight excluding hydrogens is 354 g/mol. The fourth-order valence-electron chi connectivity index (χ4n) is 2.36. The summed E-state index contributed by atoms with van der Waals surface area (Å²) in [5.74, 6) is -0.790. The van der Waals surface area contributed by atoms with Crippen molar-refractivity contribution in [2.45, 2.75) is 20.5 Å². The molecule has 2 aromatic carbocycles. The van der Waals surface area contributed by atoms with Crippen LogP contribution in [0.4, 0.5) is 14.5 Å². The number of nitrogens with one attached hydrogen (secondary N) is 1. The topological polar surface area (TPSA) is 71.3 Å². The standard InChI is InChI=1S/C20H18F2N2O3/c1-3-26-17-9-5-7-14(18(17)27-20(21)22)11-15(12-23)19(25)24-16-8-4-6-13(2)10-16/h4-11,20H,3H2,1-2H3,(H,24,25)/b15-11+. The summed E-state index contributed by atoms with van der Waals surface area (Å²) >= 11 is 0. The van der Waals surface area contributed by atoms with Crippen LogP contribution in [-0.4, -0.2) is 19.1 Å². The van der Waals surface area contributed by atoms with Gasteiger partial charge in [-0.2, -0.15) is 14.0 Å². The zero-order valence-electron chi connectivity index (χ0n) is 14.8. The predicted octanol–water partition coefficient (Wildman–Crippen LogP) is 4.54. The molecule has 0 fully saturated rings. The van der Waals surface area contributed by atoms with Crippen molar-refractivity contribution in [1.82, 2.24) is 0 Å². The maximum absolute atomic E-state index is 12.8. The molecule has 2 aromatic rings. The predicted molar refractivity (Wildman–Crippen MR) is 97.6 cm³/mol. The number of aryl methyl sites for hydroxylation is 1. The van der Waals surface area contributed by atoms with Crippen LogP contribution in [0, 0.1) is 18.3 Å². The van der Waals surface area contributed by atoms with Crippen molar-refractivity contribution in [2.75, 3.05) is 11.9 Å². The molecular formula is C20H18F2N2O3. The van der Waals surface area contributed by atoms with Gasteiger partial charge in [-0.25, -0.2) is 0 Å². The highest BCUT2D eigenvalue weighted by Gasteiger charge is 2.17. The maximum Gasteiger partial charge on any atom is 0.387 e. The molecule has 140 valence electrons. The Bertz CT molecular complexity index is 889. The third-order valence-electron chi connectivity index (χ3n) is 3.46. The van der Waals surface area contributed by atoms with Crippen LogP contribution in [0.3, 0.4) is 0 Å². The Labute approximate surface area is 155 Å². The second kappa shape index (κ2) is 9.34. The summed E-state index contributed by atoms with van der Waals surface area (Å²) in [5.41, 5.74) is 1.34. The molecule has 0 aromatic heterocycles. The van der Waals surface area contributed by atoms with Crippen molar-refractivity contribution in [3.05, 3.63) is 59.2 Å². The van der Waals surface area contributed by atoms with Gasteiger partial charge in [-0.15, -0.1) is 0 Å². The largest absolute Gasteiger partial charge is 0.490 e. The van der Waals surface area contributed by atoms with Crippen molar-refractivity contribution in [3.63, 3.8) is 0 Å². The number of nitriles is 1. The van der Waals surface area contributed by atoms with E-state index < -0.39 is 12.5 Å². The van der Waals surface area contributed by atoms with Crippen molar-refractivity contribution in [1.29, 1.82) is 5.26 Å². The number of carbonyl (C=O) groups is 1. The Hall–Kier alpha value is -3.40. The number of ether oxygens (including phenoxy) is 2. The first-order valence-corrected chi connectivity index (χ1v) is 8.15. The molecule has 0 unspecified atom stereocenters. The van der Waals surface area contributed by atoms with Gasteiger partial charge in [0.05, 0.1) is 6.61 Å². The van der Waals surface area contributed by atoms with E-state index in [4.69, 9.17) is 4.74 Å². The molecule has 1 amide bonds. The number of anilines is 1. The first-order chi connectivity index (χ1) is 12.9. The molecule has 0 aliphatic heterocycles. The average Bonchev–Trinajstić information content (AvgIpc) is 2.61. The fraction of sp³-hybridized carbons (Fsp3) is 0.200. The van der Waals surface area contributed by atoms with E-state index in [1.807, 2.05) is 13.0 Å². The number of benzene rings is 2. The Morgan fingerprint density at radius 1 is 1.30 bits per heavy atom. The van der Waals surface area contributed by atoms with Crippen LogP contribution in [0.1, 0.15) is 18.1 Å². The van der Waals surface area contributed by atoms with Crippen LogP contribution in [-0.2, 0) is 4.79 Å². The second-order valence-electron chi connectivity index (χ2n) is 5.48. The minimum atomic E-state index is -3.08. The van der Waals surface area contributed by atoms with Crippen LogP contribution in [0.25, 0.3) is 6.08 Å². The van der Waals surface area contributed by atoms with Gasteiger partial charge in [0.2, 0.25) is 0 Å². The summed E-state index contributed by atoms with van der Waals surface area (Å²) in [6, 6.07) is 13.3. The third kappa shape index (κ3) is 5.54. The van der Waals surface area contributed by atoms with Crippen LogP contribution in [0.2, 0.25) is 0 Å². The van der Waals surface area contributed by atoms with Crippen molar-refractivity contribution in [2.24, 2.45) is 0 Å².